The minimum atomic E-state index is -0.916. The van der Waals surface area contributed by atoms with E-state index in [-0.39, 0.29) is 12.2 Å². The Morgan fingerprint density at radius 1 is 1.00 bits per heavy atom. The van der Waals surface area contributed by atoms with Crippen molar-refractivity contribution in [2.75, 3.05) is 12.4 Å². The smallest absolute Gasteiger partial charge is 0.306 e. The van der Waals surface area contributed by atoms with E-state index in [1.807, 2.05) is 24.3 Å². The number of hydrogen-bond acceptors (Lipinski definition) is 5. The summed E-state index contributed by atoms with van der Waals surface area (Å²) in [7, 11) is 1.59. The highest BCUT2D eigenvalue weighted by Gasteiger charge is 2.18. The number of carbonyl (C=O) groups excluding carboxylic acids is 3. The quantitative estimate of drug-likeness (QED) is 0.570. The molecule has 2 aromatic rings. The molecule has 1 amide bonds. The largest absolute Gasteiger partial charge is 0.497 e. The van der Waals surface area contributed by atoms with Crippen LogP contribution >= 0.6 is 0 Å². The van der Waals surface area contributed by atoms with Gasteiger partial charge in [0.1, 0.15) is 5.75 Å². The number of benzene rings is 2. The molecule has 0 aromatic heterocycles. The molecule has 0 saturated heterocycles. The third kappa shape index (κ3) is 6.26. The van der Waals surface area contributed by atoms with Crippen molar-refractivity contribution < 1.29 is 23.9 Å². The molecule has 27 heavy (non-hydrogen) atoms. The van der Waals surface area contributed by atoms with Gasteiger partial charge in [0.25, 0.3) is 5.91 Å². The molecule has 0 fully saturated rings. The number of ketones is 1. The van der Waals surface area contributed by atoms with Crippen molar-refractivity contribution in [3.8, 4) is 5.75 Å². The van der Waals surface area contributed by atoms with Crippen molar-refractivity contribution in [2.45, 2.75) is 32.8 Å². The highest BCUT2D eigenvalue weighted by atomic mass is 16.5. The van der Waals surface area contributed by atoms with Crippen molar-refractivity contribution >= 4 is 23.3 Å². The van der Waals surface area contributed by atoms with Gasteiger partial charge in [-0.25, -0.2) is 0 Å². The second-order valence-electron chi connectivity index (χ2n) is 6.10. The summed E-state index contributed by atoms with van der Waals surface area (Å²) in [6, 6.07) is 13.9. The molecule has 0 radical (unpaired) electrons. The number of nitrogens with one attached hydrogen (secondary N) is 1. The lowest BCUT2D eigenvalue weighted by molar-refractivity contribution is -0.153. The van der Waals surface area contributed by atoms with Gasteiger partial charge in [-0.15, -0.1) is 0 Å². The summed E-state index contributed by atoms with van der Waals surface area (Å²) in [5.74, 6) is -0.168. The summed E-state index contributed by atoms with van der Waals surface area (Å²) >= 11 is 0. The van der Waals surface area contributed by atoms with Crippen LogP contribution < -0.4 is 10.1 Å². The zero-order valence-corrected chi connectivity index (χ0v) is 15.7. The molecule has 0 spiro atoms. The molecule has 0 aliphatic rings. The monoisotopic (exact) mass is 369 g/mol. The van der Waals surface area contributed by atoms with Crippen LogP contribution in [0.5, 0.6) is 5.75 Å². The van der Waals surface area contributed by atoms with Gasteiger partial charge in [0, 0.05) is 17.7 Å². The Kier molecular flexibility index (Phi) is 7.11. The lowest BCUT2D eigenvalue weighted by Gasteiger charge is -2.14. The van der Waals surface area contributed by atoms with E-state index in [1.54, 1.807) is 31.4 Å². The third-order valence-corrected chi connectivity index (χ3v) is 4.01. The number of aryl methyl sites for hydroxylation is 1. The van der Waals surface area contributed by atoms with Crippen LogP contribution in [0.15, 0.2) is 48.5 Å². The van der Waals surface area contributed by atoms with E-state index < -0.39 is 18.0 Å². The Labute approximate surface area is 158 Å². The van der Waals surface area contributed by atoms with Crippen LogP contribution in [0.4, 0.5) is 5.69 Å². The Morgan fingerprint density at radius 2 is 1.63 bits per heavy atom. The Hall–Kier alpha value is -3.15. The SMILES string of the molecule is COc1ccc(CCC(=O)O[C@H](C)C(=O)Nc2ccc(C(C)=O)cc2)cc1. The zero-order valence-electron chi connectivity index (χ0n) is 15.7. The molecule has 0 unspecified atom stereocenters. The first-order valence-corrected chi connectivity index (χ1v) is 8.63. The van der Waals surface area contributed by atoms with Crippen molar-refractivity contribution in [1.82, 2.24) is 0 Å². The Morgan fingerprint density at radius 3 is 2.19 bits per heavy atom. The number of methoxy groups -OCH3 is 1. The Bertz CT molecular complexity index is 796. The number of ether oxygens (including phenoxy) is 2. The number of anilines is 1. The first-order valence-electron chi connectivity index (χ1n) is 8.63. The van der Waals surface area contributed by atoms with Gasteiger partial charge in [-0.3, -0.25) is 14.4 Å². The minimum absolute atomic E-state index is 0.0490. The lowest BCUT2D eigenvalue weighted by atomic mass is 10.1. The summed E-state index contributed by atoms with van der Waals surface area (Å²) in [6.07, 6.45) is -0.221. The van der Waals surface area contributed by atoms with Crippen LogP contribution in [0.1, 0.15) is 36.2 Å². The van der Waals surface area contributed by atoms with Crippen LogP contribution in [0, 0.1) is 0 Å². The average molecular weight is 369 g/mol. The maximum Gasteiger partial charge on any atom is 0.306 e. The van der Waals surface area contributed by atoms with E-state index in [4.69, 9.17) is 9.47 Å². The highest BCUT2D eigenvalue weighted by Crippen LogP contribution is 2.14. The fourth-order valence-electron chi connectivity index (χ4n) is 2.38. The van der Waals surface area contributed by atoms with E-state index in [0.717, 1.165) is 11.3 Å². The van der Waals surface area contributed by atoms with Crippen LogP contribution in [0.3, 0.4) is 0 Å². The van der Waals surface area contributed by atoms with E-state index in [2.05, 4.69) is 5.32 Å². The highest BCUT2D eigenvalue weighted by molar-refractivity contribution is 5.97. The normalized spacial score (nSPS) is 11.4. The average Bonchev–Trinajstić information content (AvgIpc) is 2.67. The molecule has 0 saturated carbocycles. The van der Waals surface area contributed by atoms with Gasteiger partial charge in [-0.05, 0) is 62.2 Å². The van der Waals surface area contributed by atoms with Crippen molar-refractivity contribution in [3.63, 3.8) is 0 Å². The van der Waals surface area contributed by atoms with Gasteiger partial charge in [0.15, 0.2) is 11.9 Å². The summed E-state index contributed by atoms with van der Waals surface area (Å²) in [5, 5.41) is 2.66. The second kappa shape index (κ2) is 9.52. The van der Waals surface area contributed by atoms with Gasteiger partial charge in [-0.2, -0.15) is 0 Å². The van der Waals surface area contributed by atoms with Gasteiger partial charge in [-0.1, -0.05) is 12.1 Å². The van der Waals surface area contributed by atoms with Crippen LogP contribution in [-0.4, -0.2) is 30.9 Å². The number of hydrogen-bond donors (Lipinski definition) is 1. The van der Waals surface area contributed by atoms with Gasteiger partial charge < -0.3 is 14.8 Å². The number of esters is 1. The molecular formula is C21H23NO5. The molecule has 0 bridgehead atoms. The van der Waals surface area contributed by atoms with E-state index in [9.17, 15) is 14.4 Å². The standard InChI is InChI=1S/C21H23NO5/c1-14(23)17-7-9-18(10-8-17)22-21(25)15(2)27-20(24)13-6-16-4-11-19(26-3)12-5-16/h4-5,7-12,15H,6,13H2,1-3H3,(H,22,25)/t15-/m1/s1. The molecule has 142 valence electrons. The first kappa shape index (κ1) is 20.2. The first-order chi connectivity index (χ1) is 12.9. The van der Waals surface area contributed by atoms with Crippen LogP contribution in [-0.2, 0) is 20.7 Å². The molecule has 2 aromatic carbocycles. The predicted molar refractivity (Wildman–Crippen MR) is 102 cm³/mol. The van der Waals surface area contributed by atoms with Crippen LogP contribution in [0.2, 0.25) is 0 Å². The second-order valence-corrected chi connectivity index (χ2v) is 6.10. The van der Waals surface area contributed by atoms with Crippen LogP contribution in [0.25, 0.3) is 0 Å². The zero-order chi connectivity index (χ0) is 19.8. The minimum Gasteiger partial charge on any atom is -0.497 e. The number of rotatable bonds is 8. The van der Waals surface area contributed by atoms with E-state index in [0.29, 0.717) is 17.7 Å². The molecule has 2 rings (SSSR count). The topological polar surface area (TPSA) is 81.7 Å². The van der Waals surface area contributed by atoms with Gasteiger partial charge in [0.05, 0.1) is 7.11 Å². The third-order valence-electron chi connectivity index (χ3n) is 4.01. The van der Waals surface area contributed by atoms with Crippen molar-refractivity contribution in [2.24, 2.45) is 0 Å². The van der Waals surface area contributed by atoms with E-state index in [1.165, 1.54) is 13.8 Å². The molecule has 6 nitrogen and oxygen atoms in total. The summed E-state index contributed by atoms with van der Waals surface area (Å²) in [4.78, 5) is 35.4. The molecule has 0 aliphatic carbocycles. The molecule has 0 heterocycles. The van der Waals surface area contributed by atoms with Gasteiger partial charge >= 0.3 is 5.97 Å². The van der Waals surface area contributed by atoms with Crippen molar-refractivity contribution in [3.05, 3.63) is 59.7 Å². The Balaban J connectivity index is 1.80. The summed E-state index contributed by atoms with van der Waals surface area (Å²) in [6.45, 7) is 2.99. The lowest BCUT2D eigenvalue weighted by Crippen LogP contribution is -2.30. The number of amides is 1. The molecular weight excluding hydrogens is 346 g/mol. The summed E-state index contributed by atoms with van der Waals surface area (Å²) < 4.78 is 10.3. The maximum atomic E-state index is 12.1. The summed E-state index contributed by atoms with van der Waals surface area (Å²) in [5.41, 5.74) is 2.08. The van der Waals surface area contributed by atoms with Crippen molar-refractivity contribution in [1.29, 1.82) is 0 Å². The number of Topliss-reactive ketones (excluding diaryl/α,β-unsaturated/α-hetero) is 1. The molecule has 0 aliphatic heterocycles. The van der Waals surface area contributed by atoms with Gasteiger partial charge in [0.2, 0.25) is 0 Å². The van der Waals surface area contributed by atoms with E-state index >= 15 is 0 Å². The number of carbonyl (C=O) groups is 3. The fourth-order valence-corrected chi connectivity index (χ4v) is 2.38. The fraction of sp³-hybridized carbons (Fsp3) is 0.286. The molecule has 1 atom stereocenters. The predicted octanol–water partition coefficient (Wildman–Crippen LogP) is 3.40. The molecule has 1 N–H and O–H groups in total. The maximum absolute atomic E-state index is 12.1. The molecule has 6 heteroatoms.